The van der Waals surface area contributed by atoms with Crippen molar-refractivity contribution in [2.45, 2.75) is 50.7 Å². The molecule has 2 aliphatic carbocycles. The average Bonchev–Trinajstić information content (AvgIpc) is 3.02. The fourth-order valence-electron chi connectivity index (χ4n) is 3.09. The van der Waals surface area contributed by atoms with Crippen LogP contribution in [0.3, 0.4) is 0 Å². The molecule has 3 N–H and O–H groups in total. The van der Waals surface area contributed by atoms with Gasteiger partial charge in [0.05, 0.1) is 5.92 Å². The zero-order chi connectivity index (χ0) is 13.4. The van der Waals surface area contributed by atoms with Crippen molar-refractivity contribution < 1.29 is 13.2 Å². The van der Waals surface area contributed by atoms with Crippen molar-refractivity contribution in [3.8, 4) is 0 Å². The molecule has 0 radical (unpaired) electrons. The lowest BCUT2D eigenvalue weighted by molar-refractivity contribution is -0.188. The molecule has 2 rings (SSSR count). The Hall–Kier alpha value is -0.290. The number of halogens is 3. The van der Waals surface area contributed by atoms with Crippen LogP contribution in [0.1, 0.15) is 39.0 Å². The molecular formula is C13H23F3N2. The van der Waals surface area contributed by atoms with Crippen LogP contribution in [0.5, 0.6) is 0 Å². The predicted molar refractivity (Wildman–Crippen MR) is 65.1 cm³/mol. The van der Waals surface area contributed by atoms with Gasteiger partial charge in [0.25, 0.3) is 0 Å². The topological polar surface area (TPSA) is 38.0 Å². The van der Waals surface area contributed by atoms with Gasteiger partial charge in [-0.05, 0) is 44.1 Å². The van der Waals surface area contributed by atoms with Gasteiger partial charge in [0.15, 0.2) is 0 Å². The largest absolute Gasteiger partial charge is 0.391 e. The minimum absolute atomic E-state index is 0.147. The number of nitrogens with two attached hydrogens (primary N) is 1. The molecule has 0 aliphatic heterocycles. The molecule has 0 aromatic heterocycles. The van der Waals surface area contributed by atoms with Crippen LogP contribution in [0.15, 0.2) is 0 Å². The Balaban J connectivity index is 1.93. The fourth-order valence-corrected chi connectivity index (χ4v) is 3.09. The van der Waals surface area contributed by atoms with E-state index in [1.165, 1.54) is 6.42 Å². The number of nitrogens with one attached hydrogen (secondary N) is 1. The lowest BCUT2D eigenvalue weighted by Crippen LogP contribution is -2.56. The lowest BCUT2D eigenvalue weighted by Gasteiger charge is -2.41. The van der Waals surface area contributed by atoms with Crippen molar-refractivity contribution in [3.05, 3.63) is 0 Å². The van der Waals surface area contributed by atoms with Crippen LogP contribution in [-0.2, 0) is 0 Å². The molecule has 0 spiro atoms. The molecule has 2 fully saturated rings. The molecule has 5 heteroatoms. The molecule has 0 heterocycles. The van der Waals surface area contributed by atoms with Gasteiger partial charge < -0.3 is 11.1 Å². The van der Waals surface area contributed by atoms with Gasteiger partial charge >= 0.3 is 6.18 Å². The van der Waals surface area contributed by atoms with Crippen LogP contribution in [0, 0.1) is 17.8 Å². The summed E-state index contributed by atoms with van der Waals surface area (Å²) in [5.41, 5.74) is 5.27. The summed E-state index contributed by atoms with van der Waals surface area (Å²) in [6, 6.07) is 0. The number of hydrogen-bond acceptors (Lipinski definition) is 2. The van der Waals surface area contributed by atoms with Gasteiger partial charge in [-0.15, -0.1) is 0 Å². The Morgan fingerprint density at radius 2 is 2.06 bits per heavy atom. The van der Waals surface area contributed by atoms with Gasteiger partial charge in [-0.2, -0.15) is 13.2 Å². The maximum atomic E-state index is 12.8. The van der Waals surface area contributed by atoms with Crippen LogP contribution in [0.2, 0.25) is 0 Å². The third kappa shape index (κ3) is 3.18. The minimum Gasteiger partial charge on any atom is -0.329 e. The lowest BCUT2D eigenvalue weighted by atomic mass is 9.75. The molecule has 2 aliphatic rings. The standard InChI is InChI=1S/C13H23F3N2/c1-9-5-10(9)7-18-12(8-17)4-2-3-11(6-12)13(14,15)16/h9-11,18H,2-8,17H2,1H3. The highest BCUT2D eigenvalue weighted by Gasteiger charge is 2.47. The molecule has 0 aromatic carbocycles. The molecule has 2 nitrogen and oxygen atoms in total. The molecular weight excluding hydrogens is 241 g/mol. The minimum atomic E-state index is -4.07. The summed E-state index contributed by atoms with van der Waals surface area (Å²) in [6.07, 6.45) is -1.08. The van der Waals surface area contributed by atoms with Crippen LogP contribution in [0.4, 0.5) is 13.2 Å². The summed E-state index contributed by atoms with van der Waals surface area (Å²) in [5, 5.41) is 3.35. The van der Waals surface area contributed by atoms with E-state index in [9.17, 15) is 13.2 Å². The average molecular weight is 264 g/mol. The van der Waals surface area contributed by atoms with Crippen LogP contribution >= 0.6 is 0 Å². The molecule has 0 bridgehead atoms. The quantitative estimate of drug-likeness (QED) is 0.819. The zero-order valence-electron chi connectivity index (χ0n) is 10.9. The Bertz CT molecular complexity index is 292. The third-order valence-corrected chi connectivity index (χ3v) is 4.71. The molecule has 4 unspecified atom stereocenters. The monoisotopic (exact) mass is 264 g/mol. The second-order valence-corrected chi connectivity index (χ2v) is 6.17. The van der Waals surface area contributed by atoms with Gasteiger partial charge in [-0.1, -0.05) is 13.3 Å². The fraction of sp³-hybridized carbons (Fsp3) is 1.00. The van der Waals surface area contributed by atoms with Gasteiger partial charge in [0.1, 0.15) is 0 Å². The normalized spacial score (nSPS) is 40.8. The zero-order valence-corrected chi connectivity index (χ0v) is 10.9. The van der Waals surface area contributed by atoms with E-state index in [2.05, 4.69) is 12.2 Å². The summed E-state index contributed by atoms with van der Waals surface area (Å²) in [4.78, 5) is 0. The van der Waals surface area contributed by atoms with Gasteiger partial charge in [0.2, 0.25) is 0 Å². The van der Waals surface area contributed by atoms with Gasteiger partial charge in [0, 0.05) is 12.1 Å². The highest BCUT2D eigenvalue weighted by Crippen LogP contribution is 2.42. The summed E-state index contributed by atoms with van der Waals surface area (Å²) >= 11 is 0. The van der Waals surface area contributed by atoms with E-state index in [-0.39, 0.29) is 12.8 Å². The third-order valence-electron chi connectivity index (χ3n) is 4.71. The summed E-state index contributed by atoms with van der Waals surface area (Å²) in [6.45, 7) is 3.31. The van der Waals surface area contributed by atoms with E-state index in [1.54, 1.807) is 0 Å². The second kappa shape index (κ2) is 5.00. The van der Waals surface area contributed by atoms with E-state index in [1.807, 2.05) is 0 Å². The maximum absolute atomic E-state index is 12.8. The van der Waals surface area contributed by atoms with Crippen molar-refractivity contribution in [1.29, 1.82) is 0 Å². The Morgan fingerprint density at radius 1 is 1.39 bits per heavy atom. The molecule has 18 heavy (non-hydrogen) atoms. The SMILES string of the molecule is CC1CC1CNC1(CN)CCCC(C(F)(F)F)C1. The molecule has 0 amide bonds. The number of hydrogen-bond donors (Lipinski definition) is 2. The van der Waals surface area contributed by atoms with Crippen molar-refractivity contribution >= 4 is 0 Å². The van der Waals surface area contributed by atoms with Gasteiger partial charge in [-0.25, -0.2) is 0 Å². The molecule has 106 valence electrons. The first kappa shape index (κ1) is 14.1. The highest BCUT2D eigenvalue weighted by atomic mass is 19.4. The van der Waals surface area contributed by atoms with E-state index in [0.29, 0.717) is 24.8 Å². The van der Waals surface area contributed by atoms with E-state index in [4.69, 9.17) is 5.73 Å². The van der Waals surface area contributed by atoms with Crippen molar-refractivity contribution in [2.75, 3.05) is 13.1 Å². The Labute approximate surface area is 106 Å². The van der Waals surface area contributed by atoms with Gasteiger partial charge in [-0.3, -0.25) is 0 Å². The molecule has 0 aromatic rings. The second-order valence-electron chi connectivity index (χ2n) is 6.17. The Kier molecular flexibility index (Phi) is 3.93. The van der Waals surface area contributed by atoms with E-state index in [0.717, 1.165) is 13.0 Å². The van der Waals surface area contributed by atoms with Crippen molar-refractivity contribution in [2.24, 2.45) is 23.5 Å². The van der Waals surface area contributed by atoms with Crippen molar-refractivity contribution in [3.63, 3.8) is 0 Å². The highest BCUT2D eigenvalue weighted by molar-refractivity contribution is 4.98. The van der Waals surface area contributed by atoms with Crippen LogP contribution < -0.4 is 11.1 Å². The molecule has 0 saturated heterocycles. The van der Waals surface area contributed by atoms with Crippen LogP contribution in [0.25, 0.3) is 0 Å². The van der Waals surface area contributed by atoms with Crippen molar-refractivity contribution in [1.82, 2.24) is 5.32 Å². The first-order valence-corrected chi connectivity index (χ1v) is 6.88. The summed E-state index contributed by atoms with van der Waals surface area (Å²) in [5.74, 6) is 0.174. The summed E-state index contributed by atoms with van der Waals surface area (Å²) < 4.78 is 38.5. The first-order valence-electron chi connectivity index (χ1n) is 6.88. The predicted octanol–water partition coefficient (Wildman–Crippen LogP) is 2.68. The van der Waals surface area contributed by atoms with E-state index >= 15 is 0 Å². The molecule has 2 saturated carbocycles. The Morgan fingerprint density at radius 3 is 2.56 bits per heavy atom. The molecule has 4 atom stereocenters. The van der Waals surface area contributed by atoms with E-state index < -0.39 is 17.6 Å². The number of rotatable bonds is 4. The maximum Gasteiger partial charge on any atom is 0.391 e. The number of alkyl halides is 3. The summed E-state index contributed by atoms with van der Waals surface area (Å²) in [7, 11) is 0. The first-order chi connectivity index (χ1) is 8.36. The smallest absolute Gasteiger partial charge is 0.329 e. The van der Waals surface area contributed by atoms with Crippen LogP contribution in [-0.4, -0.2) is 24.8 Å².